The second kappa shape index (κ2) is 6.16. The van der Waals surface area contributed by atoms with E-state index in [-0.39, 0.29) is 0 Å². The SMILES string of the molecule is c1cc(-c2ccncc2CN2CCOCC2)c2sccc2c1. The summed E-state index contributed by atoms with van der Waals surface area (Å²) >= 11 is 1.81. The van der Waals surface area contributed by atoms with Crippen LogP contribution in [0.1, 0.15) is 5.56 Å². The molecule has 0 amide bonds. The zero-order chi connectivity index (χ0) is 14.8. The molecule has 0 saturated carbocycles. The minimum atomic E-state index is 0.829. The first-order valence-electron chi connectivity index (χ1n) is 7.61. The number of nitrogens with zero attached hydrogens (tertiary/aromatic N) is 2. The van der Waals surface area contributed by atoms with E-state index in [1.165, 1.54) is 26.8 Å². The van der Waals surface area contributed by atoms with Gasteiger partial charge in [-0.25, -0.2) is 0 Å². The van der Waals surface area contributed by atoms with Crippen molar-refractivity contribution < 1.29 is 4.74 Å². The maximum Gasteiger partial charge on any atom is 0.0594 e. The summed E-state index contributed by atoms with van der Waals surface area (Å²) in [4.78, 5) is 6.79. The predicted octanol–water partition coefficient (Wildman–Crippen LogP) is 3.80. The van der Waals surface area contributed by atoms with Crippen LogP contribution in [0, 0.1) is 0 Å². The van der Waals surface area contributed by atoms with Crippen molar-refractivity contribution in [3.05, 3.63) is 53.7 Å². The van der Waals surface area contributed by atoms with Crippen molar-refractivity contribution in [1.29, 1.82) is 0 Å². The van der Waals surface area contributed by atoms with Crippen molar-refractivity contribution in [3.8, 4) is 11.1 Å². The zero-order valence-corrected chi connectivity index (χ0v) is 13.2. The summed E-state index contributed by atoms with van der Waals surface area (Å²) in [6.45, 7) is 4.59. The Bertz CT molecular complexity index is 777. The second-order valence-electron chi connectivity index (χ2n) is 5.57. The molecule has 0 unspecified atom stereocenters. The highest BCUT2D eigenvalue weighted by atomic mass is 32.1. The van der Waals surface area contributed by atoms with E-state index >= 15 is 0 Å². The van der Waals surface area contributed by atoms with Gasteiger partial charge in [-0.3, -0.25) is 9.88 Å². The molecule has 1 fully saturated rings. The first kappa shape index (κ1) is 13.9. The molecule has 112 valence electrons. The van der Waals surface area contributed by atoms with Crippen LogP contribution in [-0.2, 0) is 11.3 Å². The van der Waals surface area contributed by atoms with E-state index in [0.29, 0.717) is 0 Å². The summed E-state index contributed by atoms with van der Waals surface area (Å²) in [6, 6.07) is 10.9. The van der Waals surface area contributed by atoms with Crippen LogP contribution in [0.25, 0.3) is 21.2 Å². The van der Waals surface area contributed by atoms with Gasteiger partial charge in [0.25, 0.3) is 0 Å². The Kier molecular flexibility index (Phi) is 3.89. The molecule has 0 atom stereocenters. The number of morpholine rings is 1. The number of benzene rings is 1. The van der Waals surface area contributed by atoms with Crippen molar-refractivity contribution >= 4 is 21.4 Å². The highest BCUT2D eigenvalue weighted by Crippen LogP contribution is 2.34. The van der Waals surface area contributed by atoms with Gasteiger partial charge in [0.05, 0.1) is 13.2 Å². The lowest BCUT2D eigenvalue weighted by molar-refractivity contribution is 0.0342. The Balaban J connectivity index is 1.74. The third kappa shape index (κ3) is 2.65. The monoisotopic (exact) mass is 310 g/mol. The van der Waals surface area contributed by atoms with E-state index in [0.717, 1.165) is 32.8 Å². The molecule has 3 heterocycles. The molecular weight excluding hydrogens is 292 g/mol. The molecule has 4 rings (SSSR count). The predicted molar refractivity (Wildman–Crippen MR) is 91.2 cm³/mol. The molecule has 0 aliphatic carbocycles. The van der Waals surface area contributed by atoms with Gasteiger partial charge in [-0.15, -0.1) is 11.3 Å². The molecule has 0 spiro atoms. The number of hydrogen-bond donors (Lipinski definition) is 0. The summed E-state index contributed by atoms with van der Waals surface area (Å²) < 4.78 is 6.80. The molecule has 22 heavy (non-hydrogen) atoms. The van der Waals surface area contributed by atoms with Crippen LogP contribution in [0.4, 0.5) is 0 Å². The van der Waals surface area contributed by atoms with Gasteiger partial charge in [0.1, 0.15) is 0 Å². The number of pyridine rings is 1. The van der Waals surface area contributed by atoms with E-state index in [9.17, 15) is 0 Å². The molecule has 3 nitrogen and oxygen atoms in total. The van der Waals surface area contributed by atoms with Crippen molar-refractivity contribution in [2.45, 2.75) is 6.54 Å². The maximum absolute atomic E-state index is 5.44. The Labute approximate surface area is 134 Å². The normalized spacial score (nSPS) is 16.2. The molecule has 1 aliphatic heterocycles. The van der Waals surface area contributed by atoms with Crippen LogP contribution in [0.3, 0.4) is 0 Å². The van der Waals surface area contributed by atoms with Gasteiger partial charge in [-0.1, -0.05) is 18.2 Å². The molecule has 4 heteroatoms. The Morgan fingerprint density at radius 1 is 1.09 bits per heavy atom. The van der Waals surface area contributed by atoms with E-state index < -0.39 is 0 Å². The van der Waals surface area contributed by atoms with Gasteiger partial charge in [0.2, 0.25) is 0 Å². The molecule has 1 saturated heterocycles. The van der Waals surface area contributed by atoms with Crippen LogP contribution < -0.4 is 0 Å². The van der Waals surface area contributed by atoms with Gasteiger partial charge < -0.3 is 4.74 Å². The van der Waals surface area contributed by atoms with Gasteiger partial charge in [-0.2, -0.15) is 0 Å². The van der Waals surface area contributed by atoms with Crippen LogP contribution in [-0.4, -0.2) is 36.2 Å². The summed E-state index contributed by atoms with van der Waals surface area (Å²) in [5, 5.41) is 3.48. The second-order valence-corrected chi connectivity index (χ2v) is 6.48. The minimum Gasteiger partial charge on any atom is -0.379 e. The van der Waals surface area contributed by atoms with Gasteiger partial charge in [0.15, 0.2) is 0 Å². The third-order valence-corrected chi connectivity index (χ3v) is 5.13. The van der Waals surface area contributed by atoms with Crippen molar-refractivity contribution in [2.75, 3.05) is 26.3 Å². The largest absolute Gasteiger partial charge is 0.379 e. The quantitative estimate of drug-likeness (QED) is 0.736. The summed E-state index contributed by atoms with van der Waals surface area (Å²) in [7, 11) is 0. The van der Waals surface area contributed by atoms with E-state index in [4.69, 9.17) is 4.74 Å². The molecule has 0 radical (unpaired) electrons. The smallest absolute Gasteiger partial charge is 0.0594 e. The topological polar surface area (TPSA) is 25.4 Å². The van der Waals surface area contributed by atoms with Gasteiger partial charge in [0, 0.05) is 36.7 Å². The molecule has 3 aromatic rings. The fraction of sp³-hybridized carbons (Fsp3) is 0.278. The molecule has 0 bridgehead atoms. The Morgan fingerprint density at radius 2 is 2.00 bits per heavy atom. The Hall–Kier alpha value is -1.75. The summed E-state index contributed by atoms with van der Waals surface area (Å²) in [5.41, 5.74) is 3.91. The molecule has 1 aromatic carbocycles. The summed E-state index contributed by atoms with van der Waals surface area (Å²) in [6.07, 6.45) is 3.90. The lowest BCUT2D eigenvalue weighted by Crippen LogP contribution is -2.35. The third-order valence-electron chi connectivity index (χ3n) is 4.17. The zero-order valence-electron chi connectivity index (χ0n) is 12.4. The van der Waals surface area contributed by atoms with E-state index in [2.05, 4.69) is 45.6 Å². The number of hydrogen-bond acceptors (Lipinski definition) is 4. The fourth-order valence-corrected chi connectivity index (χ4v) is 3.95. The molecule has 1 aliphatic rings. The average molecular weight is 310 g/mol. The number of aromatic nitrogens is 1. The van der Waals surface area contributed by atoms with Crippen molar-refractivity contribution in [3.63, 3.8) is 0 Å². The highest BCUT2D eigenvalue weighted by molar-refractivity contribution is 7.17. The first-order valence-corrected chi connectivity index (χ1v) is 8.49. The number of thiophene rings is 1. The molecular formula is C18H18N2OS. The van der Waals surface area contributed by atoms with Crippen LogP contribution in [0.5, 0.6) is 0 Å². The first-order chi connectivity index (χ1) is 10.9. The fourth-order valence-electron chi connectivity index (χ4n) is 3.02. The number of fused-ring (bicyclic) bond motifs is 1. The highest BCUT2D eigenvalue weighted by Gasteiger charge is 2.15. The average Bonchev–Trinajstić information content (AvgIpc) is 3.05. The van der Waals surface area contributed by atoms with E-state index in [1.807, 2.05) is 23.7 Å². The van der Waals surface area contributed by atoms with Gasteiger partial charge >= 0.3 is 0 Å². The standard InChI is InChI=1S/C18H18N2OS/c1-2-14-5-11-22-18(14)17(3-1)16-4-6-19-12-15(16)13-20-7-9-21-10-8-20/h1-6,11-12H,7-10,13H2. The van der Waals surface area contributed by atoms with Crippen molar-refractivity contribution in [1.82, 2.24) is 9.88 Å². The van der Waals surface area contributed by atoms with Crippen molar-refractivity contribution in [2.24, 2.45) is 0 Å². The van der Waals surface area contributed by atoms with Gasteiger partial charge in [-0.05, 0) is 39.6 Å². The number of ether oxygens (including phenoxy) is 1. The lowest BCUT2D eigenvalue weighted by atomic mass is 10.00. The van der Waals surface area contributed by atoms with E-state index in [1.54, 1.807) is 0 Å². The maximum atomic E-state index is 5.44. The lowest BCUT2D eigenvalue weighted by Gasteiger charge is -2.27. The van der Waals surface area contributed by atoms with Crippen LogP contribution in [0.2, 0.25) is 0 Å². The van der Waals surface area contributed by atoms with Crippen LogP contribution >= 0.6 is 11.3 Å². The summed E-state index contributed by atoms with van der Waals surface area (Å²) in [5.74, 6) is 0. The molecule has 2 aromatic heterocycles. The minimum absolute atomic E-state index is 0.829. The number of rotatable bonds is 3. The molecule has 0 N–H and O–H groups in total. The van der Waals surface area contributed by atoms with Crippen LogP contribution in [0.15, 0.2) is 48.1 Å². The Morgan fingerprint density at radius 3 is 2.91 bits per heavy atom.